The first-order valence-corrected chi connectivity index (χ1v) is 6.41. The largest absolute Gasteiger partial charge is 0.465 e. The molecule has 0 bridgehead atoms. The van der Waals surface area contributed by atoms with Crippen molar-refractivity contribution in [3.05, 3.63) is 59.7 Å². The van der Waals surface area contributed by atoms with Gasteiger partial charge in [0.15, 0.2) is 0 Å². The lowest BCUT2D eigenvalue weighted by molar-refractivity contribution is 0.0602. The smallest absolute Gasteiger partial charge is 0.340 e. The summed E-state index contributed by atoms with van der Waals surface area (Å²) in [6.45, 7) is 2.03. The van der Waals surface area contributed by atoms with Gasteiger partial charge in [-0.25, -0.2) is 4.79 Å². The molecule has 4 nitrogen and oxygen atoms in total. The average Bonchev–Trinajstić information content (AvgIpc) is 2.49. The van der Waals surface area contributed by atoms with Gasteiger partial charge in [-0.1, -0.05) is 30.3 Å². The zero-order valence-corrected chi connectivity index (χ0v) is 11.6. The molecule has 0 amide bonds. The minimum absolute atomic E-state index is 0.0724. The van der Waals surface area contributed by atoms with Crippen molar-refractivity contribution in [1.82, 2.24) is 0 Å². The summed E-state index contributed by atoms with van der Waals surface area (Å²) >= 11 is 0. The highest BCUT2D eigenvalue weighted by Crippen LogP contribution is 2.24. The van der Waals surface area contributed by atoms with E-state index in [9.17, 15) is 4.79 Å². The highest BCUT2D eigenvalue weighted by molar-refractivity contribution is 5.96. The number of anilines is 2. The predicted molar refractivity (Wildman–Crippen MR) is 80.7 cm³/mol. The number of nitrogens with two attached hydrogens (primary N) is 1. The predicted octanol–water partition coefficient (Wildman–Crippen LogP) is 3.23. The summed E-state index contributed by atoms with van der Waals surface area (Å²) in [4.78, 5) is 11.8. The number of carbonyl (C=O) groups is 1. The van der Waals surface area contributed by atoms with Gasteiger partial charge >= 0.3 is 5.97 Å². The highest BCUT2D eigenvalue weighted by atomic mass is 16.5. The van der Waals surface area contributed by atoms with Gasteiger partial charge in [0, 0.05) is 17.4 Å². The maximum absolute atomic E-state index is 11.8. The Morgan fingerprint density at radius 3 is 2.55 bits per heavy atom. The zero-order chi connectivity index (χ0) is 14.5. The first kappa shape index (κ1) is 13.9. The second-order valence-electron chi connectivity index (χ2n) is 4.57. The summed E-state index contributed by atoms with van der Waals surface area (Å²) in [6.07, 6.45) is 0. The third-order valence-electron chi connectivity index (χ3n) is 3.12. The fraction of sp³-hybridized carbons (Fsp3) is 0.188. The van der Waals surface area contributed by atoms with E-state index in [1.807, 2.05) is 37.3 Å². The van der Waals surface area contributed by atoms with Gasteiger partial charge in [-0.2, -0.15) is 0 Å². The lowest BCUT2D eigenvalue weighted by atomic mass is 10.1. The number of hydrogen-bond acceptors (Lipinski definition) is 4. The molecule has 104 valence electrons. The number of hydrogen-bond donors (Lipinski definition) is 2. The van der Waals surface area contributed by atoms with Crippen molar-refractivity contribution < 1.29 is 9.53 Å². The van der Waals surface area contributed by atoms with Crippen LogP contribution in [-0.2, 0) is 4.74 Å². The van der Waals surface area contributed by atoms with Gasteiger partial charge in [0.05, 0.1) is 12.7 Å². The topological polar surface area (TPSA) is 64.3 Å². The van der Waals surface area contributed by atoms with Crippen LogP contribution in [0.1, 0.15) is 28.9 Å². The van der Waals surface area contributed by atoms with Crippen LogP contribution < -0.4 is 11.1 Å². The summed E-state index contributed by atoms with van der Waals surface area (Å²) < 4.78 is 4.78. The SMILES string of the molecule is COC(=O)c1cc(N)ccc1N[C@@H](C)c1ccccc1. The fourth-order valence-electron chi connectivity index (χ4n) is 2.02. The summed E-state index contributed by atoms with van der Waals surface area (Å²) in [5.41, 5.74) is 8.55. The Kier molecular flexibility index (Phi) is 4.25. The number of carbonyl (C=O) groups excluding carboxylic acids is 1. The van der Waals surface area contributed by atoms with E-state index < -0.39 is 5.97 Å². The van der Waals surface area contributed by atoms with Crippen LogP contribution in [0.5, 0.6) is 0 Å². The standard InChI is InChI=1S/C16H18N2O2/c1-11(12-6-4-3-5-7-12)18-15-9-8-13(17)10-14(15)16(19)20-2/h3-11,18H,17H2,1-2H3/t11-/m0/s1. The van der Waals surface area contributed by atoms with E-state index in [1.165, 1.54) is 7.11 Å². The van der Waals surface area contributed by atoms with Gasteiger partial charge in [-0.15, -0.1) is 0 Å². The first-order chi connectivity index (χ1) is 9.61. The number of rotatable bonds is 4. The van der Waals surface area contributed by atoms with Gasteiger partial charge in [0.2, 0.25) is 0 Å². The quantitative estimate of drug-likeness (QED) is 0.661. The molecule has 0 aliphatic carbocycles. The van der Waals surface area contributed by atoms with Gasteiger partial charge < -0.3 is 15.8 Å². The molecule has 0 unspecified atom stereocenters. The summed E-state index contributed by atoms with van der Waals surface area (Å²) in [6, 6.07) is 15.2. The van der Waals surface area contributed by atoms with E-state index in [2.05, 4.69) is 5.32 Å². The minimum atomic E-state index is -0.403. The average molecular weight is 270 g/mol. The van der Waals surface area contributed by atoms with Crippen LogP contribution in [0.3, 0.4) is 0 Å². The van der Waals surface area contributed by atoms with Crippen molar-refractivity contribution in [2.45, 2.75) is 13.0 Å². The van der Waals surface area contributed by atoms with Crippen LogP contribution in [0.25, 0.3) is 0 Å². The molecule has 0 fully saturated rings. The van der Waals surface area contributed by atoms with E-state index >= 15 is 0 Å². The van der Waals surface area contributed by atoms with Gasteiger partial charge in [0.25, 0.3) is 0 Å². The molecule has 2 rings (SSSR count). The molecular weight excluding hydrogens is 252 g/mol. The Bertz CT molecular complexity index is 597. The molecule has 0 saturated carbocycles. The van der Waals surface area contributed by atoms with Crippen LogP contribution in [0, 0.1) is 0 Å². The van der Waals surface area contributed by atoms with Gasteiger partial charge in [0.1, 0.15) is 0 Å². The number of methoxy groups -OCH3 is 1. The van der Waals surface area contributed by atoms with Crippen molar-refractivity contribution in [3.8, 4) is 0 Å². The van der Waals surface area contributed by atoms with E-state index in [4.69, 9.17) is 10.5 Å². The van der Waals surface area contributed by atoms with Crippen molar-refractivity contribution in [2.75, 3.05) is 18.2 Å². The molecule has 0 aromatic heterocycles. The Morgan fingerprint density at radius 1 is 1.20 bits per heavy atom. The monoisotopic (exact) mass is 270 g/mol. The molecule has 3 N–H and O–H groups in total. The summed E-state index contributed by atoms with van der Waals surface area (Å²) in [7, 11) is 1.36. The van der Waals surface area contributed by atoms with Crippen LogP contribution in [-0.4, -0.2) is 13.1 Å². The minimum Gasteiger partial charge on any atom is -0.465 e. The maximum atomic E-state index is 11.8. The second-order valence-corrected chi connectivity index (χ2v) is 4.57. The zero-order valence-electron chi connectivity index (χ0n) is 11.6. The van der Waals surface area contributed by atoms with E-state index in [-0.39, 0.29) is 6.04 Å². The molecule has 0 radical (unpaired) electrons. The van der Waals surface area contributed by atoms with Crippen LogP contribution in [0.4, 0.5) is 11.4 Å². The molecule has 1 atom stereocenters. The van der Waals surface area contributed by atoms with Gasteiger partial charge in [-0.05, 0) is 30.7 Å². The number of esters is 1. The molecular formula is C16H18N2O2. The molecule has 4 heteroatoms. The third kappa shape index (κ3) is 3.09. The van der Waals surface area contributed by atoms with E-state index in [0.717, 1.165) is 5.56 Å². The summed E-state index contributed by atoms with van der Waals surface area (Å²) in [5, 5.41) is 3.31. The fourth-order valence-corrected chi connectivity index (χ4v) is 2.02. The van der Waals surface area contributed by atoms with Crippen molar-refractivity contribution in [3.63, 3.8) is 0 Å². The van der Waals surface area contributed by atoms with Gasteiger partial charge in [-0.3, -0.25) is 0 Å². The Balaban J connectivity index is 2.27. The van der Waals surface area contributed by atoms with Crippen LogP contribution >= 0.6 is 0 Å². The molecule has 2 aromatic rings. The molecule has 2 aromatic carbocycles. The number of benzene rings is 2. The highest BCUT2D eigenvalue weighted by Gasteiger charge is 2.14. The third-order valence-corrected chi connectivity index (χ3v) is 3.12. The summed E-state index contributed by atoms with van der Waals surface area (Å²) in [5.74, 6) is -0.403. The molecule has 0 saturated heterocycles. The number of nitrogens with one attached hydrogen (secondary N) is 1. The lowest BCUT2D eigenvalue weighted by Gasteiger charge is -2.18. The molecule has 0 aliphatic heterocycles. The van der Waals surface area contributed by atoms with Crippen molar-refractivity contribution in [2.24, 2.45) is 0 Å². The molecule has 0 spiro atoms. The Labute approximate surface area is 118 Å². The van der Waals surface area contributed by atoms with E-state index in [0.29, 0.717) is 16.9 Å². The number of nitrogen functional groups attached to an aromatic ring is 1. The first-order valence-electron chi connectivity index (χ1n) is 6.41. The molecule has 0 aliphatic rings. The Hall–Kier alpha value is -2.49. The van der Waals surface area contributed by atoms with E-state index in [1.54, 1.807) is 18.2 Å². The second kappa shape index (κ2) is 6.10. The normalized spacial score (nSPS) is 11.7. The maximum Gasteiger partial charge on any atom is 0.340 e. The Morgan fingerprint density at radius 2 is 1.90 bits per heavy atom. The van der Waals surface area contributed by atoms with Crippen LogP contribution in [0.2, 0.25) is 0 Å². The lowest BCUT2D eigenvalue weighted by Crippen LogP contribution is -2.12. The molecule has 20 heavy (non-hydrogen) atoms. The van der Waals surface area contributed by atoms with Crippen molar-refractivity contribution in [1.29, 1.82) is 0 Å². The molecule has 0 heterocycles. The number of ether oxygens (including phenoxy) is 1. The van der Waals surface area contributed by atoms with Crippen molar-refractivity contribution >= 4 is 17.3 Å². The van der Waals surface area contributed by atoms with Crippen LogP contribution in [0.15, 0.2) is 48.5 Å².